The number of hydrogen-bond donors (Lipinski definition) is 1. The van der Waals surface area contributed by atoms with Crippen LogP contribution in [0.2, 0.25) is 0 Å². The zero-order valence-corrected chi connectivity index (χ0v) is 12.2. The summed E-state index contributed by atoms with van der Waals surface area (Å²) in [6.07, 6.45) is 1.70. The monoisotopic (exact) mass is 276 g/mol. The summed E-state index contributed by atoms with van der Waals surface area (Å²) in [6, 6.07) is 3.59. The SMILES string of the molecule is CCc1ccc(S(=O)(=O)N(C)CCCNC)s1. The molecule has 0 saturated heterocycles. The van der Waals surface area contributed by atoms with E-state index >= 15 is 0 Å². The Labute approximate surface area is 108 Å². The van der Waals surface area contributed by atoms with Gasteiger partial charge in [0.15, 0.2) is 0 Å². The first-order chi connectivity index (χ1) is 8.02. The van der Waals surface area contributed by atoms with Crippen LogP contribution in [0.5, 0.6) is 0 Å². The molecule has 0 saturated carbocycles. The van der Waals surface area contributed by atoms with Gasteiger partial charge in [0.1, 0.15) is 4.21 Å². The maximum absolute atomic E-state index is 12.2. The fraction of sp³-hybridized carbons (Fsp3) is 0.636. The number of rotatable bonds is 7. The molecule has 0 bridgehead atoms. The number of hydrogen-bond acceptors (Lipinski definition) is 4. The quantitative estimate of drug-likeness (QED) is 0.769. The van der Waals surface area contributed by atoms with E-state index < -0.39 is 10.0 Å². The van der Waals surface area contributed by atoms with Gasteiger partial charge in [0.2, 0.25) is 0 Å². The third-order valence-corrected chi connectivity index (χ3v) is 6.10. The summed E-state index contributed by atoms with van der Waals surface area (Å²) in [4.78, 5) is 1.10. The van der Waals surface area contributed by atoms with Gasteiger partial charge in [-0.25, -0.2) is 12.7 Å². The molecule has 0 aliphatic rings. The van der Waals surface area contributed by atoms with Crippen LogP contribution in [0.15, 0.2) is 16.3 Å². The maximum Gasteiger partial charge on any atom is 0.252 e. The smallest absolute Gasteiger partial charge is 0.252 e. The molecule has 4 nitrogen and oxygen atoms in total. The van der Waals surface area contributed by atoms with Crippen LogP contribution in [0, 0.1) is 0 Å². The van der Waals surface area contributed by atoms with Crippen molar-refractivity contribution in [3.05, 3.63) is 17.0 Å². The highest BCUT2D eigenvalue weighted by Crippen LogP contribution is 2.24. The van der Waals surface area contributed by atoms with Crippen LogP contribution in [0.25, 0.3) is 0 Å². The minimum absolute atomic E-state index is 0.446. The minimum Gasteiger partial charge on any atom is -0.320 e. The lowest BCUT2D eigenvalue weighted by Gasteiger charge is -2.15. The molecule has 1 N–H and O–H groups in total. The molecule has 0 aliphatic carbocycles. The number of aryl methyl sites for hydroxylation is 1. The van der Waals surface area contributed by atoms with E-state index in [1.807, 2.05) is 20.0 Å². The fourth-order valence-electron chi connectivity index (χ4n) is 1.44. The first-order valence-electron chi connectivity index (χ1n) is 5.72. The van der Waals surface area contributed by atoms with Crippen molar-refractivity contribution in [2.24, 2.45) is 0 Å². The molecule has 0 aromatic carbocycles. The average Bonchev–Trinajstić information content (AvgIpc) is 2.78. The molecule has 0 atom stereocenters. The molecule has 17 heavy (non-hydrogen) atoms. The summed E-state index contributed by atoms with van der Waals surface area (Å²) in [5, 5.41) is 3.01. The van der Waals surface area contributed by atoms with Crippen LogP contribution in [0.1, 0.15) is 18.2 Å². The molecular weight excluding hydrogens is 256 g/mol. The van der Waals surface area contributed by atoms with Crippen molar-refractivity contribution in [3.8, 4) is 0 Å². The van der Waals surface area contributed by atoms with Crippen LogP contribution in [-0.4, -0.2) is 39.9 Å². The predicted molar refractivity (Wildman–Crippen MR) is 72.1 cm³/mol. The fourth-order valence-corrected chi connectivity index (χ4v) is 4.15. The van der Waals surface area contributed by atoms with Crippen LogP contribution in [0.4, 0.5) is 0 Å². The van der Waals surface area contributed by atoms with Gasteiger partial charge in [-0.1, -0.05) is 6.92 Å². The van der Waals surface area contributed by atoms with Crippen molar-refractivity contribution in [2.45, 2.75) is 24.0 Å². The van der Waals surface area contributed by atoms with E-state index in [4.69, 9.17) is 0 Å². The summed E-state index contributed by atoms with van der Waals surface area (Å²) in [5.74, 6) is 0. The van der Waals surface area contributed by atoms with E-state index in [1.165, 1.54) is 15.6 Å². The van der Waals surface area contributed by atoms with Crippen LogP contribution in [-0.2, 0) is 16.4 Å². The standard InChI is InChI=1S/C11H20N2O2S2/c1-4-10-6-7-11(16-10)17(14,15)13(3)9-5-8-12-2/h6-7,12H,4-5,8-9H2,1-3H3. The zero-order chi connectivity index (χ0) is 12.9. The zero-order valence-electron chi connectivity index (χ0n) is 10.6. The molecule has 1 aromatic rings. The summed E-state index contributed by atoms with van der Waals surface area (Å²) in [6.45, 7) is 3.39. The van der Waals surface area contributed by atoms with Gasteiger partial charge in [0.05, 0.1) is 0 Å². The Morgan fingerprint density at radius 3 is 2.65 bits per heavy atom. The highest BCUT2D eigenvalue weighted by molar-refractivity contribution is 7.91. The molecule has 0 amide bonds. The van der Waals surface area contributed by atoms with Gasteiger partial charge in [-0.3, -0.25) is 0 Å². The predicted octanol–water partition coefficient (Wildman–Crippen LogP) is 1.54. The molecule has 6 heteroatoms. The Bertz CT molecular complexity index is 440. The molecule has 0 aliphatic heterocycles. The van der Waals surface area contributed by atoms with E-state index in [-0.39, 0.29) is 0 Å². The molecule has 98 valence electrons. The molecule has 1 rings (SSSR count). The van der Waals surface area contributed by atoms with Crippen LogP contribution in [0.3, 0.4) is 0 Å². The molecule has 0 fully saturated rings. The van der Waals surface area contributed by atoms with Crippen molar-refractivity contribution in [3.63, 3.8) is 0 Å². The van der Waals surface area contributed by atoms with Crippen molar-refractivity contribution in [2.75, 3.05) is 27.2 Å². The lowest BCUT2D eigenvalue weighted by Crippen LogP contribution is -2.29. The van der Waals surface area contributed by atoms with Crippen molar-refractivity contribution in [1.29, 1.82) is 0 Å². The minimum atomic E-state index is -3.28. The number of nitrogens with one attached hydrogen (secondary N) is 1. The third kappa shape index (κ3) is 3.77. The Kier molecular flexibility index (Phi) is 5.58. The van der Waals surface area contributed by atoms with Gasteiger partial charge in [0.25, 0.3) is 10.0 Å². The van der Waals surface area contributed by atoms with Gasteiger partial charge >= 0.3 is 0 Å². The number of sulfonamides is 1. The van der Waals surface area contributed by atoms with Crippen LogP contribution < -0.4 is 5.32 Å². The van der Waals surface area contributed by atoms with Gasteiger partial charge < -0.3 is 5.32 Å². The molecule has 1 heterocycles. The molecule has 0 spiro atoms. The summed E-state index contributed by atoms with van der Waals surface area (Å²) in [7, 11) is 0.213. The second kappa shape index (κ2) is 6.49. The summed E-state index contributed by atoms with van der Waals surface area (Å²) >= 11 is 1.36. The lowest BCUT2D eigenvalue weighted by molar-refractivity contribution is 0.459. The molecule has 0 radical (unpaired) electrons. The van der Waals surface area contributed by atoms with Gasteiger partial charge in [0, 0.05) is 18.5 Å². The van der Waals surface area contributed by atoms with Crippen molar-refractivity contribution >= 4 is 21.4 Å². The Balaban J connectivity index is 2.73. The highest BCUT2D eigenvalue weighted by atomic mass is 32.2. The van der Waals surface area contributed by atoms with E-state index in [0.717, 1.165) is 24.3 Å². The van der Waals surface area contributed by atoms with E-state index in [0.29, 0.717) is 10.8 Å². The van der Waals surface area contributed by atoms with Crippen LogP contribution >= 0.6 is 11.3 Å². The second-order valence-corrected chi connectivity index (χ2v) is 7.30. The Hall–Kier alpha value is -0.430. The largest absolute Gasteiger partial charge is 0.320 e. The second-order valence-electron chi connectivity index (χ2n) is 3.86. The first-order valence-corrected chi connectivity index (χ1v) is 7.97. The topological polar surface area (TPSA) is 49.4 Å². The number of thiophene rings is 1. The van der Waals surface area contributed by atoms with Crippen molar-refractivity contribution < 1.29 is 8.42 Å². The van der Waals surface area contributed by atoms with Gasteiger partial charge in [-0.15, -0.1) is 11.3 Å². The normalized spacial score (nSPS) is 12.2. The first kappa shape index (κ1) is 14.6. The van der Waals surface area contributed by atoms with E-state index in [1.54, 1.807) is 13.1 Å². The Morgan fingerprint density at radius 2 is 2.12 bits per heavy atom. The highest BCUT2D eigenvalue weighted by Gasteiger charge is 2.21. The van der Waals surface area contributed by atoms with Gasteiger partial charge in [-0.2, -0.15) is 0 Å². The molecule has 1 aromatic heterocycles. The lowest BCUT2D eigenvalue weighted by atomic mass is 10.4. The van der Waals surface area contributed by atoms with E-state index in [9.17, 15) is 8.42 Å². The Morgan fingerprint density at radius 1 is 1.41 bits per heavy atom. The van der Waals surface area contributed by atoms with Crippen molar-refractivity contribution in [1.82, 2.24) is 9.62 Å². The maximum atomic E-state index is 12.2. The molecular formula is C11H20N2O2S2. The third-order valence-electron chi connectivity index (χ3n) is 2.55. The average molecular weight is 276 g/mol. The van der Waals surface area contributed by atoms with Gasteiger partial charge in [-0.05, 0) is 38.6 Å². The summed E-state index contributed by atoms with van der Waals surface area (Å²) < 4.78 is 26.2. The summed E-state index contributed by atoms with van der Waals surface area (Å²) in [5.41, 5.74) is 0. The molecule has 0 unspecified atom stereocenters. The van der Waals surface area contributed by atoms with E-state index in [2.05, 4.69) is 5.32 Å². The number of nitrogens with zero attached hydrogens (tertiary/aromatic N) is 1.